The summed E-state index contributed by atoms with van der Waals surface area (Å²) in [4.78, 5) is 38.1. The molecule has 0 saturated heterocycles. The van der Waals surface area contributed by atoms with Crippen LogP contribution in [-0.2, 0) is 28.6 Å². The number of unbranched alkanes of at least 4 members (excludes halogenated alkanes) is 31. The smallest absolute Gasteiger partial charge is 0.306 e. The van der Waals surface area contributed by atoms with Gasteiger partial charge in [0.15, 0.2) is 6.10 Å². The lowest BCUT2D eigenvalue weighted by Crippen LogP contribution is -2.30. The van der Waals surface area contributed by atoms with E-state index in [1.54, 1.807) is 0 Å². The lowest BCUT2D eigenvalue weighted by molar-refractivity contribution is -0.167. The summed E-state index contributed by atoms with van der Waals surface area (Å²) < 4.78 is 16.8. The second-order valence-electron chi connectivity index (χ2n) is 18.5. The summed E-state index contributed by atoms with van der Waals surface area (Å²) >= 11 is 0. The Kier molecular flexibility index (Phi) is 50.8. The number of carbonyl (C=O) groups is 3. The van der Waals surface area contributed by atoms with Crippen molar-refractivity contribution in [3.05, 3.63) is 48.6 Å². The lowest BCUT2D eigenvalue weighted by atomic mass is 10.0. The molecule has 1 atom stereocenters. The van der Waals surface area contributed by atoms with Crippen LogP contribution in [0.3, 0.4) is 0 Å². The molecule has 0 amide bonds. The predicted molar refractivity (Wildman–Crippen MR) is 275 cm³/mol. The molecule has 0 aromatic heterocycles. The van der Waals surface area contributed by atoms with Gasteiger partial charge in [0.25, 0.3) is 0 Å². The van der Waals surface area contributed by atoms with Gasteiger partial charge in [-0.3, -0.25) is 14.4 Å². The molecule has 0 N–H and O–H groups in total. The van der Waals surface area contributed by atoms with E-state index in [9.17, 15) is 14.4 Å². The van der Waals surface area contributed by atoms with E-state index < -0.39 is 6.10 Å². The van der Waals surface area contributed by atoms with Crippen molar-refractivity contribution in [2.24, 2.45) is 0 Å². The molecule has 0 aromatic rings. The summed E-state index contributed by atoms with van der Waals surface area (Å²) in [5.41, 5.74) is 0. The Morgan fingerprint density at radius 1 is 0.328 bits per heavy atom. The Morgan fingerprint density at radius 3 is 0.953 bits per heavy atom. The molecule has 64 heavy (non-hydrogen) atoms. The van der Waals surface area contributed by atoms with E-state index in [0.717, 1.165) is 96.3 Å². The number of allylic oxidation sites excluding steroid dienone is 8. The highest BCUT2D eigenvalue weighted by molar-refractivity contribution is 5.71. The van der Waals surface area contributed by atoms with Crippen LogP contribution in [0.1, 0.15) is 284 Å². The maximum absolute atomic E-state index is 12.8. The number of ether oxygens (including phenoxy) is 3. The van der Waals surface area contributed by atoms with Gasteiger partial charge in [0.2, 0.25) is 0 Å². The third-order valence-corrected chi connectivity index (χ3v) is 12.1. The van der Waals surface area contributed by atoms with Crippen LogP contribution in [0.25, 0.3) is 0 Å². The van der Waals surface area contributed by atoms with Crippen molar-refractivity contribution >= 4 is 17.9 Å². The van der Waals surface area contributed by atoms with Gasteiger partial charge in [-0.2, -0.15) is 0 Å². The minimum absolute atomic E-state index is 0.0768. The van der Waals surface area contributed by atoms with E-state index in [0.29, 0.717) is 19.3 Å². The van der Waals surface area contributed by atoms with E-state index in [2.05, 4.69) is 69.4 Å². The van der Waals surface area contributed by atoms with E-state index in [1.807, 2.05) is 0 Å². The van der Waals surface area contributed by atoms with Crippen molar-refractivity contribution in [2.45, 2.75) is 290 Å². The first-order chi connectivity index (χ1) is 31.5. The summed E-state index contributed by atoms with van der Waals surface area (Å²) in [6.45, 7) is 6.53. The van der Waals surface area contributed by atoms with Gasteiger partial charge < -0.3 is 14.2 Å². The maximum Gasteiger partial charge on any atom is 0.306 e. The first kappa shape index (κ1) is 61.4. The van der Waals surface area contributed by atoms with Crippen LogP contribution in [0, 0.1) is 0 Å². The fourth-order valence-electron chi connectivity index (χ4n) is 7.96. The first-order valence-electron chi connectivity index (χ1n) is 27.6. The van der Waals surface area contributed by atoms with Crippen LogP contribution >= 0.6 is 0 Å². The topological polar surface area (TPSA) is 78.9 Å². The molecule has 0 saturated carbocycles. The van der Waals surface area contributed by atoms with Crippen LogP contribution in [0.4, 0.5) is 0 Å². The SMILES string of the molecule is CC/C=C\C/C=C\C/C=C\C/C=C\CCCCCCC(=O)OC[C@H](COC(=O)CCCCCCCCCCCCCCCCCCC)OC(=O)CCCCCCCCCCCCCC. The van der Waals surface area contributed by atoms with Gasteiger partial charge in [-0.15, -0.1) is 0 Å². The van der Waals surface area contributed by atoms with Crippen LogP contribution in [0.2, 0.25) is 0 Å². The number of esters is 3. The molecule has 0 radical (unpaired) electrons. The van der Waals surface area contributed by atoms with Crippen LogP contribution in [0.5, 0.6) is 0 Å². The molecule has 372 valence electrons. The Bertz CT molecular complexity index is 1120. The van der Waals surface area contributed by atoms with E-state index in [4.69, 9.17) is 14.2 Å². The number of hydrogen-bond donors (Lipinski definition) is 0. The summed E-state index contributed by atoms with van der Waals surface area (Å²) in [5, 5.41) is 0. The summed E-state index contributed by atoms with van der Waals surface area (Å²) in [7, 11) is 0. The zero-order valence-corrected chi connectivity index (χ0v) is 42.6. The van der Waals surface area contributed by atoms with Crippen molar-refractivity contribution < 1.29 is 28.6 Å². The first-order valence-corrected chi connectivity index (χ1v) is 27.6. The lowest BCUT2D eigenvalue weighted by Gasteiger charge is -2.18. The van der Waals surface area contributed by atoms with Gasteiger partial charge in [-0.25, -0.2) is 0 Å². The van der Waals surface area contributed by atoms with E-state index >= 15 is 0 Å². The molecule has 0 aliphatic rings. The highest BCUT2D eigenvalue weighted by Gasteiger charge is 2.19. The molecule has 0 bridgehead atoms. The fraction of sp³-hybridized carbons (Fsp3) is 0.810. The molecule has 6 heteroatoms. The molecule has 0 unspecified atom stereocenters. The van der Waals surface area contributed by atoms with Gasteiger partial charge in [0.1, 0.15) is 13.2 Å². The Morgan fingerprint density at radius 2 is 0.609 bits per heavy atom. The molecule has 0 aliphatic heterocycles. The van der Waals surface area contributed by atoms with E-state index in [1.165, 1.54) is 148 Å². The van der Waals surface area contributed by atoms with Crippen molar-refractivity contribution in [3.8, 4) is 0 Å². The summed E-state index contributed by atoms with van der Waals surface area (Å²) in [6, 6.07) is 0. The summed E-state index contributed by atoms with van der Waals surface area (Å²) in [5.74, 6) is -0.888. The Balaban J connectivity index is 4.35. The van der Waals surface area contributed by atoms with Crippen LogP contribution in [-0.4, -0.2) is 37.2 Å². The molecular weight excluding hydrogens is 793 g/mol. The highest BCUT2D eigenvalue weighted by atomic mass is 16.6. The molecular formula is C58H104O6. The van der Waals surface area contributed by atoms with Gasteiger partial charge >= 0.3 is 17.9 Å². The monoisotopic (exact) mass is 897 g/mol. The van der Waals surface area contributed by atoms with E-state index in [-0.39, 0.29) is 31.1 Å². The van der Waals surface area contributed by atoms with Gasteiger partial charge in [-0.05, 0) is 57.8 Å². The normalized spacial score (nSPS) is 12.4. The van der Waals surface area contributed by atoms with Crippen molar-refractivity contribution in [3.63, 3.8) is 0 Å². The molecule has 0 aromatic carbocycles. The van der Waals surface area contributed by atoms with Crippen LogP contribution in [0.15, 0.2) is 48.6 Å². The van der Waals surface area contributed by atoms with Gasteiger partial charge in [0.05, 0.1) is 0 Å². The zero-order chi connectivity index (χ0) is 46.5. The Labute approximate surface area is 397 Å². The standard InChI is InChI=1S/C58H104O6/c1-4-7-10-13-16-19-22-25-27-29-31-33-36-38-41-44-47-50-56(59)62-53-55(64-58(61)52-49-46-43-40-35-24-21-18-15-12-9-6-3)54-63-57(60)51-48-45-42-39-37-34-32-30-28-26-23-20-17-14-11-8-5-2/h7,10,16,19,25,27,31,33,55H,4-6,8-9,11-15,17-18,20-24,26,28-30,32,34-54H2,1-3H3/b10-7-,19-16-,27-25-,33-31-/t55-/m1/s1. The molecule has 0 aliphatic carbocycles. The number of carbonyl (C=O) groups excluding carboxylic acids is 3. The molecule has 0 rings (SSSR count). The number of hydrogen-bond acceptors (Lipinski definition) is 6. The van der Waals surface area contributed by atoms with Gasteiger partial charge in [-0.1, -0.05) is 256 Å². The number of rotatable bonds is 50. The zero-order valence-electron chi connectivity index (χ0n) is 42.6. The Hall–Kier alpha value is -2.63. The quantitative estimate of drug-likeness (QED) is 0.0262. The minimum Gasteiger partial charge on any atom is -0.462 e. The maximum atomic E-state index is 12.8. The molecule has 6 nitrogen and oxygen atoms in total. The van der Waals surface area contributed by atoms with Crippen molar-refractivity contribution in [2.75, 3.05) is 13.2 Å². The molecule has 0 spiro atoms. The molecule has 0 fully saturated rings. The van der Waals surface area contributed by atoms with Crippen LogP contribution < -0.4 is 0 Å². The third-order valence-electron chi connectivity index (χ3n) is 12.1. The second kappa shape index (κ2) is 53.0. The minimum atomic E-state index is -0.778. The van der Waals surface area contributed by atoms with Crippen molar-refractivity contribution in [1.29, 1.82) is 0 Å². The fourth-order valence-corrected chi connectivity index (χ4v) is 7.96. The molecule has 0 heterocycles. The second-order valence-corrected chi connectivity index (χ2v) is 18.5. The average Bonchev–Trinajstić information content (AvgIpc) is 3.29. The predicted octanol–water partition coefficient (Wildman–Crippen LogP) is 18.3. The largest absolute Gasteiger partial charge is 0.462 e. The summed E-state index contributed by atoms with van der Waals surface area (Å²) in [6.07, 6.45) is 63.8. The average molecular weight is 897 g/mol. The van der Waals surface area contributed by atoms with Crippen molar-refractivity contribution in [1.82, 2.24) is 0 Å². The third kappa shape index (κ3) is 50.4. The van der Waals surface area contributed by atoms with Gasteiger partial charge in [0, 0.05) is 19.3 Å². The highest BCUT2D eigenvalue weighted by Crippen LogP contribution is 2.16.